The number of ether oxygens (including phenoxy) is 1. The Bertz CT molecular complexity index is 379. The molecule has 1 aromatic carbocycles. The molecule has 1 aromatic rings. The molecule has 0 aliphatic carbocycles. The van der Waals surface area contributed by atoms with Crippen molar-refractivity contribution in [3.63, 3.8) is 0 Å². The van der Waals surface area contributed by atoms with Crippen molar-refractivity contribution in [1.29, 1.82) is 0 Å². The molecule has 0 saturated heterocycles. The number of aromatic carboxylic acids is 1. The third kappa shape index (κ3) is 2.92. The van der Waals surface area contributed by atoms with Crippen molar-refractivity contribution in [2.24, 2.45) is 5.92 Å². The molecule has 0 aliphatic rings. The minimum Gasteiger partial charge on any atom is -0.487 e. The van der Waals surface area contributed by atoms with Gasteiger partial charge in [-0.3, -0.25) is 0 Å². The molecule has 1 rings (SSSR count). The van der Waals surface area contributed by atoms with Crippen LogP contribution in [0.3, 0.4) is 0 Å². The van der Waals surface area contributed by atoms with Crippen molar-refractivity contribution in [3.05, 3.63) is 29.3 Å². The predicted molar refractivity (Wildman–Crippen MR) is 53.7 cm³/mol. The Kier molecular flexibility index (Phi) is 3.82. The van der Waals surface area contributed by atoms with E-state index in [4.69, 9.17) is 9.84 Å². The summed E-state index contributed by atoms with van der Waals surface area (Å²) in [5, 5.41) is 8.57. The first-order valence-electron chi connectivity index (χ1n) is 4.77. The Balaban J connectivity index is 2.98. The maximum absolute atomic E-state index is 13.3. The summed E-state index contributed by atoms with van der Waals surface area (Å²) in [6.07, 6.45) is 0. The van der Waals surface area contributed by atoms with E-state index in [0.29, 0.717) is 0 Å². The number of carbonyl (C=O) groups is 1. The van der Waals surface area contributed by atoms with Gasteiger partial charge in [0.2, 0.25) is 0 Å². The van der Waals surface area contributed by atoms with Gasteiger partial charge in [0.25, 0.3) is 0 Å². The van der Waals surface area contributed by atoms with Gasteiger partial charge in [-0.1, -0.05) is 13.8 Å². The van der Waals surface area contributed by atoms with Gasteiger partial charge in [-0.2, -0.15) is 0 Å². The largest absolute Gasteiger partial charge is 0.487 e. The summed E-state index contributed by atoms with van der Waals surface area (Å²) >= 11 is 0. The molecule has 0 radical (unpaired) electrons. The van der Waals surface area contributed by atoms with Crippen LogP contribution < -0.4 is 4.74 Å². The van der Waals surface area contributed by atoms with E-state index in [9.17, 15) is 13.6 Å². The monoisotopic (exact) mass is 230 g/mol. The van der Waals surface area contributed by atoms with Gasteiger partial charge in [0.15, 0.2) is 17.4 Å². The van der Waals surface area contributed by atoms with Crippen LogP contribution in [0, 0.1) is 17.6 Å². The highest BCUT2D eigenvalue weighted by Crippen LogP contribution is 2.23. The Morgan fingerprint density at radius 1 is 1.38 bits per heavy atom. The molecule has 0 atom stereocenters. The summed E-state index contributed by atoms with van der Waals surface area (Å²) in [7, 11) is 0. The molecule has 3 nitrogen and oxygen atoms in total. The molecule has 16 heavy (non-hydrogen) atoms. The summed E-state index contributed by atoms with van der Waals surface area (Å²) in [6.45, 7) is 3.84. The minimum absolute atomic E-state index is 0.123. The van der Waals surface area contributed by atoms with Crippen molar-refractivity contribution in [2.75, 3.05) is 6.61 Å². The Hall–Kier alpha value is -1.65. The van der Waals surface area contributed by atoms with Gasteiger partial charge in [-0.25, -0.2) is 13.6 Å². The van der Waals surface area contributed by atoms with Crippen molar-refractivity contribution in [3.8, 4) is 5.75 Å². The molecule has 0 unspecified atom stereocenters. The molecule has 0 saturated carbocycles. The van der Waals surface area contributed by atoms with Crippen LogP contribution in [-0.2, 0) is 0 Å². The molecule has 0 aliphatic heterocycles. The Morgan fingerprint density at radius 3 is 2.25 bits per heavy atom. The van der Waals surface area contributed by atoms with Crippen molar-refractivity contribution >= 4 is 5.97 Å². The number of rotatable bonds is 4. The van der Waals surface area contributed by atoms with Crippen molar-refractivity contribution in [2.45, 2.75) is 13.8 Å². The quantitative estimate of drug-likeness (QED) is 0.865. The second-order valence-corrected chi connectivity index (χ2v) is 3.78. The highest BCUT2D eigenvalue weighted by Gasteiger charge is 2.16. The van der Waals surface area contributed by atoms with Gasteiger partial charge in [-0.15, -0.1) is 0 Å². The molecule has 88 valence electrons. The van der Waals surface area contributed by atoms with E-state index in [1.54, 1.807) is 0 Å². The Morgan fingerprint density at radius 2 is 1.88 bits per heavy atom. The highest BCUT2D eigenvalue weighted by molar-refractivity contribution is 5.87. The fraction of sp³-hybridized carbons (Fsp3) is 0.364. The fourth-order valence-electron chi connectivity index (χ4n) is 1.07. The average Bonchev–Trinajstić information content (AvgIpc) is 2.15. The van der Waals surface area contributed by atoms with Crippen molar-refractivity contribution in [1.82, 2.24) is 0 Å². The lowest BCUT2D eigenvalue weighted by Crippen LogP contribution is -2.08. The van der Waals surface area contributed by atoms with Crippen LogP contribution >= 0.6 is 0 Å². The first-order valence-corrected chi connectivity index (χ1v) is 4.77. The maximum atomic E-state index is 13.3. The van der Waals surface area contributed by atoms with Gasteiger partial charge >= 0.3 is 5.97 Å². The molecule has 0 amide bonds. The van der Waals surface area contributed by atoms with E-state index in [0.717, 1.165) is 12.1 Å². The van der Waals surface area contributed by atoms with E-state index >= 15 is 0 Å². The van der Waals surface area contributed by atoms with Gasteiger partial charge < -0.3 is 9.84 Å². The summed E-state index contributed by atoms with van der Waals surface area (Å²) in [5.41, 5.74) is -0.438. The molecule has 0 spiro atoms. The molecule has 1 N–H and O–H groups in total. The number of carboxylic acids is 1. The zero-order valence-electron chi connectivity index (χ0n) is 8.96. The van der Waals surface area contributed by atoms with Crippen LogP contribution in [-0.4, -0.2) is 17.7 Å². The minimum atomic E-state index is -1.38. The van der Waals surface area contributed by atoms with E-state index in [1.807, 2.05) is 13.8 Å². The van der Waals surface area contributed by atoms with Crippen LogP contribution in [0.15, 0.2) is 12.1 Å². The number of carboxylic acid groups (broad SMARTS) is 1. The highest BCUT2D eigenvalue weighted by atomic mass is 19.1. The van der Waals surface area contributed by atoms with E-state index in [-0.39, 0.29) is 12.5 Å². The summed E-state index contributed by atoms with van der Waals surface area (Å²) in [6, 6.07) is 1.47. The van der Waals surface area contributed by atoms with Crippen LogP contribution in [0.1, 0.15) is 24.2 Å². The standard InChI is InChI=1S/C11H12F2O3/c1-6(2)5-16-10-8(12)3-7(11(14)15)4-9(10)13/h3-4,6H,5H2,1-2H3,(H,14,15). The van der Waals surface area contributed by atoms with Crippen LogP contribution in [0.2, 0.25) is 0 Å². The fourth-order valence-corrected chi connectivity index (χ4v) is 1.07. The number of hydrogen-bond acceptors (Lipinski definition) is 2. The lowest BCUT2D eigenvalue weighted by molar-refractivity contribution is 0.0695. The third-order valence-electron chi connectivity index (χ3n) is 1.81. The summed E-state index contributed by atoms with van der Waals surface area (Å²) in [4.78, 5) is 10.5. The number of benzene rings is 1. The number of halogens is 2. The molecule has 0 bridgehead atoms. The molecule has 0 heterocycles. The van der Waals surface area contributed by atoms with E-state index in [1.165, 1.54) is 0 Å². The van der Waals surface area contributed by atoms with Gasteiger partial charge in [0, 0.05) is 0 Å². The second-order valence-electron chi connectivity index (χ2n) is 3.78. The molecular weight excluding hydrogens is 218 g/mol. The van der Waals surface area contributed by atoms with Crippen molar-refractivity contribution < 1.29 is 23.4 Å². The van der Waals surface area contributed by atoms with E-state index < -0.39 is 28.9 Å². The topological polar surface area (TPSA) is 46.5 Å². The van der Waals surface area contributed by atoms with Crippen LogP contribution in [0.25, 0.3) is 0 Å². The van der Waals surface area contributed by atoms with Crippen LogP contribution in [0.5, 0.6) is 5.75 Å². The van der Waals surface area contributed by atoms with E-state index in [2.05, 4.69) is 0 Å². The molecule has 0 aromatic heterocycles. The van der Waals surface area contributed by atoms with Gasteiger partial charge in [-0.05, 0) is 18.1 Å². The average molecular weight is 230 g/mol. The van der Waals surface area contributed by atoms with Gasteiger partial charge in [0.05, 0.1) is 12.2 Å². The zero-order chi connectivity index (χ0) is 12.3. The van der Waals surface area contributed by atoms with Crippen LogP contribution in [0.4, 0.5) is 8.78 Å². The summed E-state index contributed by atoms with van der Waals surface area (Å²) < 4.78 is 31.5. The third-order valence-corrected chi connectivity index (χ3v) is 1.81. The molecule has 5 heteroatoms. The molecule has 0 fully saturated rings. The number of hydrogen-bond donors (Lipinski definition) is 1. The lowest BCUT2D eigenvalue weighted by atomic mass is 10.2. The second kappa shape index (κ2) is 4.92. The van der Waals surface area contributed by atoms with Gasteiger partial charge in [0.1, 0.15) is 0 Å². The summed E-state index contributed by atoms with van der Waals surface area (Å²) in [5.74, 6) is -3.79. The Labute approximate surface area is 91.7 Å². The smallest absolute Gasteiger partial charge is 0.335 e. The molecular formula is C11H12F2O3. The predicted octanol–water partition coefficient (Wildman–Crippen LogP) is 2.70. The first-order chi connectivity index (χ1) is 7.41. The maximum Gasteiger partial charge on any atom is 0.335 e. The lowest BCUT2D eigenvalue weighted by Gasteiger charge is -2.10. The SMILES string of the molecule is CC(C)COc1c(F)cc(C(=O)O)cc1F. The first kappa shape index (κ1) is 12.4. The normalized spacial score (nSPS) is 10.6. The zero-order valence-corrected chi connectivity index (χ0v) is 8.96.